The Morgan fingerprint density at radius 2 is 1.94 bits per heavy atom. The molecule has 17 heavy (non-hydrogen) atoms. The van der Waals surface area contributed by atoms with E-state index in [1.807, 2.05) is 19.1 Å². The summed E-state index contributed by atoms with van der Waals surface area (Å²) in [4.78, 5) is 0. The first kappa shape index (κ1) is 13.8. The van der Waals surface area contributed by atoms with E-state index in [1.54, 1.807) is 7.11 Å². The maximum atomic E-state index is 10.3. The molecule has 0 aliphatic heterocycles. The topological polar surface area (TPSA) is 55.5 Å². The van der Waals surface area contributed by atoms with Crippen LogP contribution in [0.2, 0.25) is 0 Å². The number of hydrogen-bond acceptors (Lipinski definition) is 3. The number of rotatable bonds is 3. The quantitative estimate of drug-likeness (QED) is 0.849. The number of ether oxygens (including phenoxy) is 1. The summed E-state index contributed by atoms with van der Waals surface area (Å²) in [7, 11) is 1.63. The van der Waals surface area contributed by atoms with Crippen molar-refractivity contribution < 1.29 is 9.84 Å². The summed E-state index contributed by atoms with van der Waals surface area (Å²) in [5.74, 6) is 1.11. The van der Waals surface area contributed by atoms with Gasteiger partial charge in [0.25, 0.3) is 0 Å². The number of phenols is 1. The Hall–Kier alpha value is -1.22. The molecule has 0 saturated heterocycles. The van der Waals surface area contributed by atoms with Crippen LogP contribution >= 0.6 is 0 Å². The molecule has 1 unspecified atom stereocenters. The molecule has 3 nitrogen and oxygen atoms in total. The molecular weight excluding hydrogens is 214 g/mol. The normalized spacial score (nSPS) is 13.5. The highest BCUT2D eigenvalue weighted by Crippen LogP contribution is 2.37. The molecule has 0 bridgehead atoms. The van der Waals surface area contributed by atoms with Crippen molar-refractivity contribution in [1.29, 1.82) is 0 Å². The average molecular weight is 237 g/mol. The van der Waals surface area contributed by atoms with Gasteiger partial charge < -0.3 is 15.6 Å². The molecule has 0 aromatic heterocycles. The van der Waals surface area contributed by atoms with Gasteiger partial charge in [0.1, 0.15) is 11.5 Å². The van der Waals surface area contributed by atoms with Crippen LogP contribution in [0.4, 0.5) is 0 Å². The molecule has 3 heteroatoms. The Bertz CT molecular complexity index is 392. The van der Waals surface area contributed by atoms with Gasteiger partial charge in [0.15, 0.2) is 0 Å². The van der Waals surface area contributed by atoms with E-state index >= 15 is 0 Å². The van der Waals surface area contributed by atoms with Gasteiger partial charge in [0.05, 0.1) is 7.11 Å². The Morgan fingerprint density at radius 3 is 2.35 bits per heavy atom. The molecule has 0 amide bonds. The van der Waals surface area contributed by atoms with E-state index in [4.69, 9.17) is 10.5 Å². The molecule has 1 aromatic carbocycles. The minimum absolute atomic E-state index is 0.0147. The highest BCUT2D eigenvalue weighted by Gasteiger charge is 2.21. The molecular formula is C14H23NO2. The van der Waals surface area contributed by atoms with Crippen molar-refractivity contribution in [2.24, 2.45) is 5.73 Å². The third-order valence-corrected chi connectivity index (χ3v) is 2.75. The number of aromatic hydroxyl groups is 1. The van der Waals surface area contributed by atoms with Crippen LogP contribution in [0.15, 0.2) is 12.1 Å². The smallest absolute Gasteiger partial charge is 0.122 e. The van der Waals surface area contributed by atoms with Crippen molar-refractivity contribution in [3.63, 3.8) is 0 Å². The van der Waals surface area contributed by atoms with Gasteiger partial charge >= 0.3 is 0 Å². The molecule has 0 heterocycles. The lowest BCUT2D eigenvalue weighted by Gasteiger charge is -2.23. The molecule has 0 radical (unpaired) electrons. The zero-order valence-corrected chi connectivity index (χ0v) is 11.4. The third kappa shape index (κ3) is 3.37. The Labute approximate surface area is 104 Å². The maximum absolute atomic E-state index is 10.3. The van der Waals surface area contributed by atoms with E-state index < -0.39 is 0 Å². The Kier molecular flexibility index (Phi) is 4.04. The minimum atomic E-state index is -0.120. The molecule has 0 aliphatic rings. The third-order valence-electron chi connectivity index (χ3n) is 2.75. The predicted octanol–water partition coefficient (Wildman–Crippen LogP) is 2.59. The second kappa shape index (κ2) is 4.96. The van der Waals surface area contributed by atoms with Crippen LogP contribution in [-0.2, 0) is 11.8 Å². The SMILES string of the molecule is COc1cc(CC(C)N)c(O)c(C(C)(C)C)c1. The van der Waals surface area contributed by atoms with Crippen LogP contribution in [0.3, 0.4) is 0 Å². The van der Waals surface area contributed by atoms with Crippen molar-refractivity contribution in [3.8, 4) is 11.5 Å². The van der Waals surface area contributed by atoms with E-state index in [-0.39, 0.29) is 11.5 Å². The van der Waals surface area contributed by atoms with E-state index in [9.17, 15) is 5.11 Å². The highest BCUT2D eigenvalue weighted by atomic mass is 16.5. The van der Waals surface area contributed by atoms with Crippen LogP contribution in [0, 0.1) is 0 Å². The fraction of sp³-hybridized carbons (Fsp3) is 0.571. The van der Waals surface area contributed by atoms with E-state index in [0.29, 0.717) is 12.2 Å². The van der Waals surface area contributed by atoms with E-state index in [2.05, 4.69) is 20.8 Å². The van der Waals surface area contributed by atoms with Gasteiger partial charge in [-0.3, -0.25) is 0 Å². The molecule has 96 valence electrons. The van der Waals surface area contributed by atoms with Crippen LogP contribution in [0.1, 0.15) is 38.8 Å². The lowest BCUT2D eigenvalue weighted by Crippen LogP contribution is -2.19. The summed E-state index contributed by atoms with van der Waals surface area (Å²) >= 11 is 0. The number of phenolic OH excluding ortho intramolecular Hbond substituents is 1. The second-order valence-corrected chi connectivity index (χ2v) is 5.61. The summed E-state index contributed by atoms with van der Waals surface area (Å²) in [6.07, 6.45) is 0.645. The van der Waals surface area contributed by atoms with Gasteiger partial charge in [-0.1, -0.05) is 20.8 Å². The molecule has 0 saturated carbocycles. The van der Waals surface area contributed by atoms with Crippen LogP contribution in [0.25, 0.3) is 0 Å². The predicted molar refractivity (Wildman–Crippen MR) is 70.7 cm³/mol. The summed E-state index contributed by atoms with van der Waals surface area (Å²) in [5, 5.41) is 10.3. The summed E-state index contributed by atoms with van der Waals surface area (Å²) in [6.45, 7) is 8.13. The van der Waals surface area contributed by atoms with Crippen molar-refractivity contribution in [1.82, 2.24) is 0 Å². The van der Waals surface area contributed by atoms with Gasteiger partial charge in [-0.25, -0.2) is 0 Å². The first-order valence-electron chi connectivity index (χ1n) is 5.91. The zero-order valence-electron chi connectivity index (χ0n) is 11.4. The van der Waals surface area contributed by atoms with Crippen molar-refractivity contribution in [2.75, 3.05) is 7.11 Å². The van der Waals surface area contributed by atoms with Crippen LogP contribution < -0.4 is 10.5 Å². The first-order chi connectivity index (χ1) is 7.75. The monoisotopic (exact) mass is 237 g/mol. The standard InChI is InChI=1S/C14H23NO2/c1-9(15)6-10-7-11(17-5)8-12(13(10)16)14(2,3)4/h7-9,16H,6,15H2,1-5H3. The van der Waals surface area contributed by atoms with Gasteiger partial charge in [-0.2, -0.15) is 0 Å². The van der Waals surface area contributed by atoms with E-state index in [1.165, 1.54) is 0 Å². The van der Waals surface area contributed by atoms with Crippen molar-refractivity contribution in [2.45, 2.75) is 45.6 Å². The second-order valence-electron chi connectivity index (χ2n) is 5.61. The minimum Gasteiger partial charge on any atom is -0.507 e. The van der Waals surface area contributed by atoms with Gasteiger partial charge in [0, 0.05) is 11.6 Å². The van der Waals surface area contributed by atoms with Crippen LogP contribution in [-0.4, -0.2) is 18.3 Å². The number of benzene rings is 1. The lowest BCUT2D eigenvalue weighted by atomic mass is 9.84. The molecule has 1 rings (SSSR count). The lowest BCUT2D eigenvalue weighted by molar-refractivity contribution is 0.402. The first-order valence-corrected chi connectivity index (χ1v) is 5.91. The summed E-state index contributed by atoms with van der Waals surface area (Å²) in [5.41, 5.74) is 7.42. The largest absolute Gasteiger partial charge is 0.507 e. The summed E-state index contributed by atoms with van der Waals surface area (Å²) in [6, 6.07) is 3.76. The zero-order chi connectivity index (χ0) is 13.2. The molecule has 0 aliphatic carbocycles. The average Bonchev–Trinajstić information content (AvgIpc) is 2.18. The highest BCUT2D eigenvalue weighted by molar-refractivity contribution is 5.49. The van der Waals surface area contributed by atoms with Gasteiger partial charge in [-0.05, 0) is 36.5 Å². The molecule has 1 aromatic rings. The summed E-state index contributed by atoms with van der Waals surface area (Å²) < 4.78 is 5.28. The Morgan fingerprint density at radius 1 is 1.35 bits per heavy atom. The van der Waals surface area contributed by atoms with Gasteiger partial charge in [0.2, 0.25) is 0 Å². The van der Waals surface area contributed by atoms with Gasteiger partial charge in [-0.15, -0.1) is 0 Å². The molecule has 0 fully saturated rings. The molecule has 1 atom stereocenters. The fourth-order valence-electron chi connectivity index (χ4n) is 1.86. The molecule has 3 N–H and O–H groups in total. The number of methoxy groups -OCH3 is 1. The van der Waals surface area contributed by atoms with Crippen molar-refractivity contribution >= 4 is 0 Å². The molecule has 0 spiro atoms. The number of nitrogens with two attached hydrogens (primary N) is 1. The Balaban J connectivity index is 3.31. The van der Waals surface area contributed by atoms with E-state index in [0.717, 1.165) is 16.9 Å². The number of hydrogen-bond donors (Lipinski definition) is 2. The fourth-order valence-corrected chi connectivity index (χ4v) is 1.86. The van der Waals surface area contributed by atoms with Crippen LogP contribution in [0.5, 0.6) is 11.5 Å². The maximum Gasteiger partial charge on any atom is 0.122 e. The van der Waals surface area contributed by atoms with Crippen molar-refractivity contribution in [3.05, 3.63) is 23.3 Å².